The van der Waals surface area contributed by atoms with E-state index in [-0.39, 0.29) is 18.7 Å². The van der Waals surface area contributed by atoms with Gasteiger partial charge in [-0.3, -0.25) is 29.4 Å². The van der Waals surface area contributed by atoms with Crippen LogP contribution in [-0.4, -0.2) is 77.2 Å². The van der Waals surface area contributed by atoms with Gasteiger partial charge in [-0.15, -0.1) is 11.3 Å². The van der Waals surface area contributed by atoms with Gasteiger partial charge in [0.15, 0.2) is 5.72 Å². The van der Waals surface area contributed by atoms with Gasteiger partial charge in [-0.25, -0.2) is 4.98 Å². The fourth-order valence-electron chi connectivity index (χ4n) is 12.3. The molecule has 0 radical (unpaired) electrons. The van der Waals surface area contributed by atoms with Crippen LogP contribution in [0.15, 0.2) is 54.6 Å². The number of aromatic nitrogens is 1. The highest BCUT2D eigenvalue weighted by atomic mass is 32.1. The normalized spacial score (nSPS) is 28.1. The van der Waals surface area contributed by atoms with Crippen LogP contribution >= 0.6 is 11.3 Å². The van der Waals surface area contributed by atoms with E-state index in [2.05, 4.69) is 77.6 Å². The van der Waals surface area contributed by atoms with Crippen molar-refractivity contribution in [2.24, 2.45) is 17.3 Å². The molecule has 2 N–H and O–H groups in total. The highest BCUT2D eigenvalue weighted by Gasteiger charge is 2.53. The van der Waals surface area contributed by atoms with Gasteiger partial charge >= 0.3 is 0 Å². The van der Waals surface area contributed by atoms with Crippen LogP contribution in [0.2, 0.25) is 0 Å². The van der Waals surface area contributed by atoms with Crippen LogP contribution in [0.4, 0.5) is 11.4 Å². The summed E-state index contributed by atoms with van der Waals surface area (Å²) in [5.74, 6) is 0.0443. The summed E-state index contributed by atoms with van der Waals surface area (Å²) in [6.07, 6.45) is 9.76. The summed E-state index contributed by atoms with van der Waals surface area (Å²) in [5.41, 5.74) is 7.13. The molecule has 11 nitrogen and oxygen atoms in total. The number of piperidine rings is 1. The summed E-state index contributed by atoms with van der Waals surface area (Å²) in [7, 11) is 0. The summed E-state index contributed by atoms with van der Waals surface area (Å²) < 4.78 is 8.30. The van der Waals surface area contributed by atoms with Crippen molar-refractivity contribution >= 4 is 56.6 Å². The maximum absolute atomic E-state index is 13.5. The first kappa shape index (κ1) is 38.3. The van der Waals surface area contributed by atoms with Crippen LogP contribution in [0.1, 0.15) is 127 Å². The second-order valence-electron chi connectivity index (χ2n) is 19.6. The molecule has 2 saturated carbocycles. The number of carbonyl (C=O) groups is 4. The zero-order valence-corrected chi connectivity index (χ0v) is 35.7. The topological polar surface area (TPSA) is 124 Å². The Hall–Kier alpha value is -4.65. The summed E-state index contributed by atoms with van der Waals surface area (Å²) in [6, 6.07) is 17.8. The number of thiazole rings is 1. The van der Waals surface area contributed by atoms with Crippen molar-refractivity contribution in [2.75, 3.05) is 42.9 Å². The molecule has 0 bridgehead atoms. The van der Waals surface area contributed by atoms with Crippen molar-refractivity contribution in [1.29, 1.82) is 0 Å². The van der Waals surface area contributed by atoms with E-state index in [1.54, 1.807) is 12.1 Å². The number of nitrogens with one attached hydrogen (secondary N) is 2. The van der Waals surface area contributed by atoms with Crippen LogP contribution < -0.4 is 15.5 Å². The lowest BCUT2D eigenvalue weighted by Crippen LogP contribution is -2.63. The zero-order chi connectivity index (χ0) is 41.1. The van der Waals surface area contributed by atoms with Crippen LogP contribution in [0.5, 0.6) is 0 Å². The SMILES string of the molecule is CC1(C)OC2(C)c3ccccc3CCN2c2cc3sc(C4CCC(CN5CC6(CC(CCNc7cccc8c7C(=O)N(C7CCC(=O)NC7=O)C8=O)C6)C5)CC4)nc3cc21. The predicted molar refractivity (Wildman–Crippen MR) is 231 cm³/mol. The molecule has 1 aromatic heterocycles. The lowest BCUT2D eigenvalue weighted by atomic mass is 9.57. The van der Waals surface area contributed by atoms with Crippen LogP contribution in [0, 0.1) is 17.3 Å². The summed E-state index contributed by atoms with van der Waals surface area (Å²) in [5, 5.41) is 7.01. The quantitative estimate of drug-likeness (QED) is 0.172. The fraction of sp³-hybridized carbons (Fsp3) is 0.521. The molecule has 2 aliphatic carbocycles. The van der Waals surface area contributed by atoms with Crippen molar-refractivity contribution in [1.82, 2.24) is 20.1 Å². The van der Waals surface area contributed by atoms with Gasteiger partial charge in [0.2, 0.25) is 11.8 Å². The van der Waals surface area contributed by atoms with Crippen LogP contribution in [-0.2, 0) is 32.1 Å². The first-order valence-electron chi connectivity index (χ1n) is 22.2. The van der Waals surface area contributed by atoms with E-state index >= 15 is 0 Å². The third-order valence-corrected chi connectivity index (χ3v) is 16.3. The molecule has 7 aliphatic rings. The van der Waals surface area contributed by atoms with Crippen LogP contribution in [0.3, 0.4) is 0 Å². The molecule has 2 atom stereocenters. The molecule has 4 fully saturated rings. The van der Waals surface area contributed by atoms with Crippen molar-refractivity contribution in [3.05, 3.63) is 87.4 Å². The molecular formula is C48H54N6O5S. The summed E-state index contributed by atoms with van der Waals surface area (Å²) >= 11 is 1.91. The van der Waals surface area contributed by atoms with Gasteiger partial charge in [-0.2, -0.15) is 0 Å². The summed E-state index contributed by atoms with van der Waals surface area (Å²) in [6.45, 7) is 12.0. The highest BCUT2D eigenvalue weighted by Crippen LogP contribution is 2.55. The molecule has 2 saturated heterocycles. The Kier molecular flexibility index (Phi) is 8.89. The van der Waals surface area contributed by atoms with E-state index in [1.807, 2.05) is 17.4 Å². The van der Waals surface area contributed by atoms with Gasteiger partial charge in [0.05, 0.1) is 32.0 Å². The first-order valence-corrected chi connectivity index (χ1v) is 23.0. The molecule has 60 heavy (non-hydrogen) atoms. The number of rotatable bonds is 8. The Morgan fingerprint density at radius 3 is 2.48 bits per heavy atom. The number of nitrogens with zero attached hydrogens (tertiary/aromatic N) is 4. The molecule has 2 unspecified atom stereocenters. The average Bonchev–Trinajstić information content (AvgIpc) is 3.73. The molecular weight excluding hydrogens is 773 g/mol. The third kappa shape index (κ3) is 6.14. The van der Waals surface area contributed by atoms with Gasteiger partial charge < -0.3 is 19.9 Å². The first-order chi connectivity index (χ1) is 28.9. The second-order valence-corrected chi connectivity index (χ2v) is 20.7. The predicted octanol–water partition coefficient (Wildman–Crippen LogP) is 7.69. The monoisotopic (exact) mass is 826 g/mol. The maximum Gasteiger partial charge on any atom is 0.264 e. The van der Waals surface area contributed by atoms with Crippen molar-refractivity contribution < 1.29 is 23.9 Å². The number of likely N-dealkylation sites (tertiary alicyclic amines) is 1. The third-order valence-electron chi connectivity index (χ3n) is 15.2. The molecule has 11 rings (SSSR count). The van der Waals surface area contributed by atoms with Crippen molar-refractivity contribution in [2.45, 2.75) is 108 Å². The number of hydrogen-bond donors (Lipinski definition) is 2. The molecule has 4 aromatic rings. The Morgan fingerprint density at radius 1 is 0.883 bits per heavy atom. The van der Waals surface area contributed by atoms with Gasteiger partial charge in [-0.1, -0.05) is 30.3 Å². The van der Waals surface area contributed by atoms with E-state index in [4.69, 9.17) is 9.72 Å². The second kappa shape index (κ2) is 13.9. The number of ether oxygens (including phenoxy) is 1. The average molecular weight is 827 g/mol. The molecule has 5 aliphatic heterocycles. The van der Waals surface area contributed by atoms with Gasteiger partial charge in [0.25, 0.3) is 11.8 Å². The largest absolute Gasteiger partial charge is 0.384 e. The number of imide groups is 2. The molecule has 12 heteroatoms. The number of benzene rings is 3. The number of fused-ring (bicyclic) bond motifs is 7. The zero-order valence-electron chi connectivity index (χ0n) is 34.9. The number of amides is 4. The minimum atomic E-state index is -0.960. The summed E-state index contributed by atoms with van der Waals surface area (Å²) in [4.78, 5) is 62.3. The number of hydrogen-bond acceptors (Lipinski definition) is 10. The Bertz CT molecular complexity index is 2460. The Morgan fingerprint density at radius 2 is 1.68 bits per heavy atom. The minimum Gasteiger partial charge on any atom is -0.384 e. The van der Waals surface area contributed by atoms with E-state index < -0.39 is 35.1 Å². The van der Waals surface area contributed by atoms with E-state index in [0.29, 0.717) is 34.1 Å². The number of carbonyl (C=O) groups excluding carboxylic acids is 4. The Balaban J connectivity index is 0.654. The molecule has 3 aromatic carbocycles. The van der Waals surface area contributed by atoms with Crippen molar-refractivity contribution in [3.8, 4) is 0 Å². The van der Waals surface area contributed by atoms with E-state index in [9.17, 15) is 19.2 Å². The molecule has 4 amide bonds. The lowest BCUT2D eigenvalue weighted by Gasteiger charge is -2.60. The van der Waals surface area contributed by atoms with Gasteiger partial charge in [-0.05, 0) is 126 Å². The van der Waals surface area contributed by atoms with Crippen LogP contribution in [0.25, 0.3) is 10.2 Å². The Labute approximate surface area is 355 Å². The fourth-order valence-corrected chi connectivity index (χ4v) is 13.5. The highest BCUT2D eigenvalue weighted by molar-refractivity contribution is 7.18. The van der Waals surface area contributed by atoms with Gasteiger partial charge in [0.1, 0.15) is 6.04 Å². The van der Waals surface area contributed by atoms with Crippen molar-refractivity contribution in [3.63, 3.8) is 0 Å². The lowest BCUT2D eigenvalue weighted by molar-refractivity contribution is -0.155. The minimum absolute atomic E-state index is 0.107. The molecule has 312 valence electrons. The smallest absolute Gasteiger partial charge is 0.264 e. The molecule has 1 spiro atoms. The van der Waals surface area contributed by atoms with Gasteiger partial charge in [0, 0.05) is 67.6 Å². The van der Waals surface area contributed by atoms with E-state index in [1.165, 1.54) is 90.2 Å². The molecule has 6 heterocycles. The standard InChI is InChI=1S/C48H54N6O5S/c1-46(2)34-21-36-39(22-38(34)53-20-18-30-7-4-5-9-33(30)47(53,3)59-46)60-43(50-36)31-13-11-28(12-14-31)25-52-26-48(27-52)23-29(24-48)17-19-49-35-10-6-8-32-41(35)45(58)54(44(32)57)37-15-16-40(55)51-42(37)56/h4-10,21-22,28-29,31,37,49H,11-20,23-27H2,1-3H3,(H,51,55,56). The maximum atomic E-state index is 13.5. The number of anilines is 2. The van der Waals surface area contributed by atoms with E-state index in [0.717, 1.165) is 42.3 Å².